The number of hydrogen-bond donors (Lipinski definition) is 2. The molecule has 1 unspecified atom stereocenters. The van der Waals surface area contributed by atoms with Crippen molar-refractivity contribution in [3.05, 3.63) is 52.5 Å². The molecule has 0 saturated carbocycles. The molecule has 0 aliphatic carbocycles. The van der Waals surface area contributed by atoms with Crippen LogP contribution in [-0.4, -0.2) is 17.1 Å². The van der Waals surface area contributed by atoms with Gasteiger partial charge in [-0.05, 0) is 48.7 Å². The first-order valence-corrected chi connectivity index (χ1v) is 10.5. The SMILES string of the molecule is CC(Sc1cccc(NC(=O)CC(C)(C)C)c1)C(=O)Nc1ccc(Cl)c(Cl)c1. The molecule has 2 aromatic rings. The lowest BCUT2D eigenvalue weighted by Crippen LogP contribution is -2.22. The molecule has 0 aliphatic rings. The average molecular weight is 439 g/mol. The summed E-state index contributed by atoms with van der Waals surface area (Å²) in [4.78, 5) is 25.5. The summed E-state index contributed by atoms with van der Waals surface area (Å²) in [6.45, 7) is 7.88. The van der Waals surface area contributed by atoms with Gasteiger partial charge in [-0.2, -0.15) is 0 Å². The predicted molar refractivity (Wildman–Crippen MR) is 120 cm³/mol. The number of anilines is 2. The lowest BCUT2D eigenvalue weighted by molar-refractivity contribution is -0.118. The van der Waals surface area contributed by atoms with Crippen LogP contribution in [0.5, 0.6) is 0 Å². The van der Waals surface area contributed by atoms with Crippen molar-refractivity contribution in [2.24, 2.45) is 5.41 Å². The van der Waals surface area contributed by atoms with Crippen molar-refractivity contribution in [1.82, 2.24) is 0 Å². The Labute approximate surface area is 180 Å². The van der Waals surface area contributed by atoms with Crippen molar-refractivity contribution in [3.63, 3.8) is 0 Å². The van der Waals surface area contributed by atoms with E-state index in [9.17, 15) is 9.59 Å². The molecule has 150 valence electrons. The summed E-state index contributed by atoms with van der Waals surface area (Å²) in [6.07, 6.45) is 0.437. The zero-order valence-corrected chi connectivity index (χ0v) is 18.6. The Bertz CT molecular complexity index is 866. The molecule has 2 aromatic carbocycles. The summed E-state index contributed by atoms with van der Waals surface area (Å²) in [5.41, 5.74) is 1.24. The molecule has 2 amide bonds. The fourth-order valence-electron chi connectivity index (χ4n) is 2.41. The maximum Gasteiger partial charge on any atom is 0.237 e. The van der Waals surface area contributed by atoms with Gasteiger partial charge in [0, 0.05) is 22.7 Å². The van der Waals surface area contributed by atoms with Crippen LogP contribution in [0.3, 0.4) is 0 Å². The first-order chi connectivity index (χ1) is 13.0. The highest BCUT2D eigenvalue weighted by atomic mass is 35.5. The number of amides is 2. The minimum absolute atomic E-state index is 0.0277. The third kappa shape index (κ3) is 7.38. The Hall–Kier alpha value is -1.69. The van der Waals surface area contributed by atoms with Crippen molar-refractivity contribution in [1.29, 1.82) is 0 Å². The molecule has 0 heterocycles. The van der Waals surface area contributed by atoms with Crippen LogP contribution in [0.2, 0.25) is 10.0 Å². The second-order valence-corrected chi connectivity index (χ2v) is 9.92. The Balaban J connectivity index is 1.97. The van der Waals surface area contributed by atoms with E-state index < -0.39 is 0 Å². The summed E-state index contributed by atoms with van der Waals surface area (Å²) < 4.78 is 0. The summed E-state index contributed by atoms with van der Waals surface area (Å²) >= 11 is 13.3. The van der Waals surface area contributed by atoms with Crippen LogP contribution in [0.15, 0.2) is 47.4 Å². The number of hydrogen-bond acceptors (Lipinski definition) is 3. The van der Waals surface area contributed by atoms with Crippen molar-refractivity contribution in [2.75, 3.05) is 10.6 Å². The summed E-state index contributed by atoms with van der Waals surface area (Å²) in [7, 11) is 0. The van der Waals surface area contributed by atoms with Crippen molar-refractivity contribution in [3.8, 4) is 0 Å². The summed E-state index contributed by atoms with van der Waals surface area (Å²) in [6, 6.07) is 12.4. The first-order valence-electron chi connectivity index (χ1n) is 8.86. The van der Waals surface area contributed by atoms with Crippen molar-refractivity contribution < 1.29 is 9.59 Å². The standard InChI is InChI=1S/C21H24Cl2N2O2S/c1-13(20(27)25-15-8-9-17(22)18(23)11-15)28-16-7-5-6-14(10-16)24-19(26)12-21(2,3)4/h5-11,13H,12H2,1-4H3,(H,24,26)(H,25,27). The van der Waals surface area contributed by atoms with Crippen LogP contribution >= 0.6 is 35.0 Å². The van der Waals surface area contributed by atoms with Gasteiger partial charge in [0.15, 0.2) is 0 Å². The number of rotatable bonds is 6. The summed E-state index contributed by atoms with van der Waals surface area (Å²) in [5, 5.41) is 6.23. The van der Waals surface area contributed by atoms with E-state index in [-0.39, 0.29) is 22.5 Å². The highest BCUT2D eigenvalue weighted by molar-refractivity contribution is 8.00. The quantitative estimate of drug-likeness (QED) is 0.506. The van der Waals surface area contributed by atoms with Gasteiger partial charge in [-0.1, -0.05) is 50.0 Å². The highest BCUT2D eigenvalue weighted by Gasteiger charge is 2.17. The molecule has 0 fully saturated rings. The van der Waals surface area contributed by atoms with Crippen LogP contribution in [0.1, 0.15) is 34.1 Å². The molecule has 1 atom stereocenters. The van der Waals surface area contributed by atoms with Gasteiger partial charge in [0.1, 0.15) is 0 Å². The average Bonchev–Trinajstić information content (AvgIpc) is 2.56. The van der Waals surface area contributed by atoms with Crippen LogP contribution in [0.25, 0.3) is 0 Å². The number of halogens is 2. The predicted octanol–water partition coefficient (Wildman–Crippen LogP) is 6.49. The number of carbonyl (C=O) groups is 2. The summed E-state index contributed by atoms with van der Waals surface area (Å²) in [5.74, 6) is -0.175. The molecule has 2 N–H and O–H groups in total. The molecule has 0 aliphatic heterocycles. The molecule has 2 rings (SSSR count). The van der Waals surface area contributed by atoms with E-state index in [4.69, 9.17) is 23.2 Å². The van der Waals surface area contributed by atoms with Crippen molar-refractivity contribution in [2.45, 2.75) is 44.3 Å². The normalized spacial score (nSPS) is 12.4. The van der Waals surface area contributed by atoms with Gasteiger partial charge in [0.25, 0.3) is 0 Å². The number of thioether (sulfide) groups is 1. The zero-order valence-electron chi connectivity index (χ0n) is 16.3. The third-order valence-corrected chi connectivity index (χ3v) is 5.51. The third-order valence-electron chi connectivity index (χ3n) is 3.68. The fraction of sp³-hybridized carbons (Fsp3) is 0.333. The zero-order chi connectivity index (χ0) is 20.9. The molecule has 7 heteroatoms. The van der Waals surface area contributed by atoms with E-state index in [1.54, 1.807) is 18.2 Å². The molecule has 0 spiro atoms. The van der Waals surface area contributed by atoms with E-state index in [0.29, 0.717) is 22.2 Å². The molecule has 0 aromatic heterocycles. The lowest BCUT2D eigenvalue weighted by Gasteiger charge is -2.17. The molecule has 28 heavy (non-hydrogen) atoms. The monoisotopic (exact) mass is 438 g/mol. The Morgan fingerprint density at radius 2 is 1.68 bits per heavy atom. The van der Waals surface area contributed by atoms with Crippen molar-refractivity contribution >= 4 is 58.2 Å². The minimum Gasteiger partial charge on any atom is -0.326 e. The van der Waals surface area contributed by atoms with E-state index in [2.05, 4.69) is 10.6 Å². The van der Waals surface area contributed by atoms with E-state index >= 15 is 0 Å². The van der Waals surface area contributed by atoms with E-state index in [0.717, 1.165) is 10.6 Å². The molecular weight excluding hydrogens is 415 g/mol. The van der Waals surface area contributed by atoms with Crippen LogP contribution < -0.4 is 10.6 Å². The van der Waals surface area contributed by atoms with E-state index in [1.807, 2.05) is 52.0 Å². The maximum absolute atomic E-state index is 12.5. The van der Waals surface area contributed by atoms with E-state index in [1.165, 1.54) is 11.8 Å². The maximum atomic E-state index is 12.5. The molecular formula is C21H24Cl2N2O2S. The van der Waals surface area contributed by atoms with Gasteiger partial charge >= 0.3 is 0 Å². The smallest absolute Gasteiger partial charge is 0.237 e. The molecule has 4 nitrogen and oxygen atoms in total. The van der Waals surface area contributed by atoms with Gasteiger partial charge in [0.2, 0.25) is 11.8 Å². The molecule has 0 bridgehead atoms. The van der Waals surface area contributed by atoms with Crippen LogP contribution in [0.4, 0.5) is 11.4 Å². The van der Waals surface area contributed by atoms with Crippen LogP contribution in [0, 0.1) is 5.41 Å². The second kappa shape index (κ2) is 9.68. The first kappa shape index (κ1) is 22.6. The number of carbonyl (C=O) groups excluding carboxylic acids is 2. The Kier molecular flexibility index (Phi) is 7.81. The number of nitrogens with one attached hydrogen (secondary N) is 2. The second-order valence-electron chi connectivity index (χ2n) is 7.69. The molecule has 0 radical (unpaired) electrons. The minimum atomic E-state index is -0.338. The van der Waals surface area contributed by atoms with Gasteiger partial charge in [-0.3, -0.25) is 9.59 Å². The van der Waals surface area contributed by atoms with Gasteiger partial charge < -0.3 is 10.6 Å². The van der Waals surface area contributed by atoms with Gasteiger partial charge in [0.05, 0.1) is 15.3 Å². The largest absolute Gasteiger partial charge is 0.326 e. The highest BCUT2D eigenvalue weighted by Crippen LogP contribution is 2.29. The topological polar surface area (TPSA) is 58.2 Å². The fourth-order valence-corrected chi connectivity index (χ4v) is 3.63. The Morgan fingerprint density at radius 1 is 1.00 bits per heavy atom. The van der Waals surface area contributed by atoms with Gasteiger partial charge in [-0.15, -0.1) is 11.8 Å². The van der Waals surface area contributed by atoms with Crippen LogP contribution in [-0.2, 0) is 9.59 Å². The lowest BCUT2D eigenvalue weighted by atomic mass is 9.92. The molecule has 0 saturated heterocycles. The van der Waals surface area contributed by atoms with Gasteiger partial charge in [-0.25, -0.2) is 0 Å². The Morgan fingerprint density at radius 3 is 2.32 bits per heavy atom. The number of benzene rings is 2.